The molecule has 1 unspecified atom stereocenters. The summed E-state index contributed by atoms with van der Waals surface area (Å²) >= 11 is 0. The molecule has 0 aliphatic rings. The third-order valence-electron chi connectivity index (χ3n) is 3.15. The zero-order valence-corrected chi connectivity index (χ0v) is 10.8. The van der Waals surface area contributed by atoms with Gasteiger partial charge in [0.25, 0.3) is 0 Å². The van der Waals surface area contributed by atoms with Crippen LogP contribution < -0.4 is 11.3 Å². The summed E-state index contributed by atoms with van der Waals surface area (Å²) in [7, 11) is 0. The SMILES string of the molecule is CCn1ccnc1CC(NN)c1cccnc1C. The topological polar surface area (TPSA) is 68.8 Å². The molecule has 0 aromatic carbocycles. The van der Waals surface area contributed by atoms with Gasteiger partial charge >= 0.3 is 0 Å². The molecule has 2 aromatic heterocycles. The fraction of sp³-hybridized carbons (Fsp3) is 0.385. The largest absolute Gasteiger partial charge is 0.335 e. The van der Waals surface area contributed by atoms with Crippen molar-refractivity contribution < 1.29 is 0 Å². The van der Waals surface area contributed by atoms with Crippen molar-refractivity contribution in [2.75, 3.05) is 0 Å². The normalized spacial score (nSPS) is 12.6. The molecule has 0 saturated heterocycles. The minimum absolute atomic E-state index is 0.0337. The van der Waals surface area contributed by atoms with Gasteiger partial charge < -0.3 is 4.57 Å². The quantitative estimate of drug-likeness (QED) is 0.616. The van der Waals surface area contributed by atoms with Gasteiger partial charge in [0.1, 0.15) is 5.82 Å². The molecule has 0 radical (unpaired) electrons. The first-order chi connectivity index (χ1) is 8.76. The second kappa shape index (κ2) is 5.75. The van der Waals surface area contributed by atoms with Crippen molar-refractivity contribution in [2.24, 2.45) is 5.84 Å². The number of pyridine rings is 1. The molecule has 18 heavy (non-hydrogen) atoms. The van der Waals surface area contributed by atoms with Crippen LogP contribution in [0.2, 0.25) is 0 Å². The number of nitrogens with one attached hydrogen (secondary N) is 1. The Balaban J connectivity index is 2.23. The van der Waals surface area contributed by atoms with E-state index in [0.717, 1.165) is 30.0 Å². The molecule has 3 N–H and O–H groups in total. The fourth-order valence-corrected chi connectivity index (χ4v) is 2.12. The van der Waals surface area contributed by atoms with Crippen molar-refractivity contribution in [1.29, 1.82) is 0 Å². The van der Waals surface area contributed by atoms with Crippen LogP contribution in [0.1, 0.15) is 30.0 Å². The van der Waals surface area contributed by atoms with E-state index in [1.54, 1.807) is 6.20 Å². The lowest BCUT2D eigenvalue weighted by Gasteiger charge is -2.18. The first-order valence-corrected chi connectivity index (χ1v) is 6.14. The minimum atomic E-state index is 0.0337. The van der Waals surface area contributed by atoms with E-state index in [-0.39, 0.29) is 6.04 Å². The van der Waals surface area contributed by atoms with Crippen molar-refractivity contribution in [3.8, 4) is 0 Å². The second-order valence-corrected chi connectivity index (χ2v) is 4.23. The Kier molecular flexibility index (Phi) is 4.07. The Morgan fingerprint density at radius 2 is 2.22 bits per heavy atom. The number of hydrogen-bond donors (Lipinski definition) is 2. The summed E-state index contributed by atoms with van der Waals surface area (Å²) in [5.74, 6) is 6.70. The smallest absolute Gasteiger partial charge is 0.110 e. The predicted molar refractivity (Wildman–Crippen MR) is 70.6 cm³/mol. The number of nitrogens with two attached hydrogens (primary N) is 1. The molecule has 0 bridgehead atoms. The van der Waals surface area contributed by atoms with Crippen LogP contribution in [0, 0.1) is 6.92 Å². The van der Waals surface area contributed by atoms with Crippen LogP contribution in [0.3, 0.4) is 0 Å². The summed E-state index contributed by atoms with van der Waals surface area (Å²) < 4.78 is 2.12. The van der Waals surface area contributed by atoms with Gasteiger partial charge in [-0.2, -0.15) is 0 Å². The fourth-order valence-electron chi connectivity index (χ4n) is 2.12. The Morgan fingerprint density at radius 1 is 1.39 bits per heavy atom. The number of aryl methyl sites for hydroxylation is 2. The molecule has 2 aromatic rings. The zero-order valence-electron chi connectivity index (χ0n) is 10.8. The molecular formula is C13H19N5. The van der Waals surface area contributed by atoms with Crippen LogP contribution in [-0.4, -0.2) is 14.5 Å². The average molecular weight is 245 g/mol. The summed E-state index contributed by atoms with van der Waals surface area (Å²) in [6.45, 7) is 5.01. The van der Waals surface area contributed by atoms with Crippen LogP contribution in [0.4, 0.5) is 0 Å². The van der Waals surface area contributed by atoms with Crippen molar-refractivity contribution in [3.05, 3.63) is 47.8 Å². The third kappa shape index (κ3) is 2.57. The van der Waals surface area contributed by atoms with Crippen LogP contribution in [0.15, 0.2) is 30.7 Å². The lowest BCUT2D eigenvalue weighted by atomic mass is 10.0. The minimum Gasteiger partial charge on any atom is -0.335 e. The van der Waals surface area contributed by atoms with Gasteiger partial charge in [-0.15, -0.1) is 0 Å². The van der Waals surface area contributed by atoms with Gasteiger partial charge in [-0.1, -0.05) is 6.07 Å². The van der Waals surface area contributed by atoms with E-state index in [9.17, 15) is 0 Å². The number of aromatic nitrogens is 3. The van der Waals surface area contributed by atoms with Gasteiger partial charge in [-0.05, 0) is 25.5 Å². The highest BCUT2D eigenvalue weighted by molar-refractivity contribution is 5.23. The van der Waals surface area contributed by atoms with Gasteiger partial charge in [0, 0.05) is 37.3 Å². The summed E-state index contributed by atoms with van der Waals surface area (Å²) in [5.41, 5.74) is 4.97. The predicted octanol–water partition coefficient (Wildman–Crippen LogP) is 1.35. The molecule has 0 saturated carbocycles. The van der Waals surface area contributed by atoms with E-state index in [4.69, 9.17) is 5.84 Å². The third-order valence-corrected chi connectivity index (χ3v) is 3.15. The first kappa shape index (κ1) is 12.7. The summed E-state index contributed by atoms with van der Waals surface area (Å²) in [5, 5.41) is 0. The molecule has 5 nitrogen and oxygen atoms in total. The number of rotatable bonds is 5. The van der Waals surface area contributed by atoms with Gasteiger partial charge in [-0.25, -0.2) is 4.98 Å². The highest BCUT2D eigenvalue weighted by atomic mass is 15.2. The number of nitrogens with zero attached hydrogens (tertiary/aromatic N) is 3. The van der Waals surface area contributed by atoms with E-state index in [1.807, 2.05) is 31.5 Å². The van der Waals surface area contributed by atoms with Gasteiger partial charge in [0.2, 0.25) is 0 Å². The van der Waals surface area contributed by atoms with E-state index in [0.29, 0.717) is 0 Å². The highest BCUT2D eigenvalue weighted by Gasteiger charge is 2.15. The molecule has 0 spiro atoms. The van der Waals surface area contributed by atoms with Crippen molar-refractivity contribution in [1.82, 2.24) is 20.0 Å². The van der Waals surface area contributed by atoms with Gasteiger partial charge in [0.05, 0.1) is 6.04 Å². The molecular weight excluding hydrogens is 226 g/mol. The maximum atomic E-state index is 5.67. The van der Waals surface area contributed by atoms with E-state index < -0.39 is 0 Å². The number of hydrazine groups is 1. The molecule has 0 fully saturated rings. The molecule has 96 valence electrons. The monoisotopic (exact) mass is 245 g/mol. The van der Waals surface area contributed by atoms with Crippen LogP contribution in [-0.2, 0) is 13.0 Å². The molecule has 2 rings (SSSR count). The molecule has 0 aliphatic carbocycles. The van der Waals surface area contributed by atoms with E-state index in [2.05, 4.69) is 26.9 Å². The molecule has 0 amide bonds. The van der Waals surface area contributed by atoms with Crippen molar-refractivity contribution in [3.63, 3.8) is 0 Å². The first-order valence-electron chi connectivity index (χ1n) is 6.14. The summed E-state index contributed by atoms with van der Waals surface area (Å²) in [6, 6.07) is 4.01. The van der Waals surface area contributed by atoms with Crippen LogP contribution in [0.5, 0.6) is 0 Å². The molecule has 2 heterocycles. The Bertz CT molecular complexity index is 506. The van der Waals surface area contributed by atoms with E-state index >= 15 is 0 Å². The van der Waals surface area contributed by atoms with Crippen LogP contribution in [0.25, 0.3) is 0 Å². The van der Waals surface area contributed by atoms with Crippen LogP contribution >= 0.6 is 0 Å². The van der Waals surface area contributed by atoms with E-state index in [1.165, 1.54) is 0 Å². The maximum Gasteiger partial charge on any atom is 0.110 e. The lowest BCUT2D eigenvalue weighted by Crippen LogP contribution is -2.31. The second-order valence-electron chi connectivity index (χ2n) is 4.23. The van der Waals surface area contributed by atoms with Crippen molar-refractivity contribution >= 4 is 0 Å². The summed E-state index contributed by atoms with van der Waals surface area (Å²) in [6.07, 6.45) is 6.35. The maximum absolute atomic E-state index is 5.67. The molecule has 0 aliphatic heterocycles. The lowest BCUT2D eigenvalue weighted by molar-refractivity contribution is 0.519. The molecule has 1 atom stereocenters. The highest BCUT2D eigenvalue weighted by Crippen LogP contribution is 2.19. The number of hydrogen-bond acceptors (Lipinski definition) is 4. The molecule has 5 heteroatoms. The number of imidazole rings is 1. The van der Waals surface area contributed by atoms with Crippen molar-refractivity contribution in [2.45, 2.75) is 32.9 Å². The zero-order chi connectivity index (χ0) is 13.0. The average Bonchev–Trinajstić information content (AvgIpc) is 2.84. The Hall–Kier alpha value is -1.72. The van der Waals surface area contributed by atoms with Gasteiger partial charge in [0.15, 0.2) is 0 Å². The standard InChI is InChI=1S/C13H19N5/c1-3-18-8-7-16-13(18)9-12(17-14)11-5-4-6-15-10(11)2/h4-8,12,17H,3,9,14H2,1-2H3. The Labute approximate surface area is 107 Å². The Morgan fingerprint density at radius 3 is 2.89 bits per heavy atom. The van der Waals surface area contributed by atoms with Gasteiger partial charge in [-0.3, -0.25) is 16.3 Å². The summed E-state index contributed by atoms with van der Waals surface area (Å²) in [4.78, 5) is 8.67.